The molecule has 0 aliphatic heterocycles. The summed E-state index contributed by atoms with van der Waals surface area (Å²) in [6.07, 6.45) is 0. The summed E-state index contributed by atoms with van der Waals surface area (Å²) in [7, 11) is 0. The number of hydrogen-bond donors (Lipinski definition) is 0. The Kier molecular flexibility index (Phi) is 7.26. The quantitative estimate of drug-likeness (QED) is 0.334. The predicted molar refractivity (Wildman–Crippen MR) is 123 cm³/mol. The summed E-state index contributed by atoms with van der Waals surface area (Å²) in [4.78, 5) is 26.6. The van der Waals surface area contributed by atoms with E-state index in [1.807, 2.05) is 91.0 Å². The molecule has 0 radical (unpaired) electrons. The maximum Gasteiger partial charge on any atom is 0.346 e. The first-order valence-corrected chi connectivity index (χ1v) is 11.7. The number of esters is 2. The summed E-state index contributed by atoms with van der Waals surface area (Å²) in [6.45, 7) is 0.927. The van der Waals surface area contributed by atoms with Gasteiger partial charge in [0, 0.05) is 0 Å². The van der Waals surface area contributed by atoms with Crippen molar-refractivity contribution < 1.29 is 19.1 Å². The molecule has 0 saturated carbocycles. The highest BCUT2D eigenvalue weighted by atomic mass is 31.2. The number of rotatable bonds is 7. The Balaban J connectivity index is 2.59. The average molecular weight is 420 g/mol. The summed E-state index contributed by atoms with van der Waals surface area (Å²) < 4.78 is 10.8. The molecule has 0 saturated heterocycles. The maximum atomic E-state index is 13.3. The number of carbonyl (C=O) groups excluding carboxylic acids is 2. The number of ether oxygens (including phenoxy) is 2. The molecule has 0 fully saturated rings. The molecule has 5 heteroatoms. The van der Waals surface area contributed by atoms with E-state index >= 15 is 0 Å². The zero-order chi connectivity index (χ0) is 21.4. The van der Waals surface area contributed by atoms with Crippen LogP contribution in [0.1, 0.15) is 13.8 Å². The average Bonchev–Trinajstić information content (AvgIpc) is 2.79. The monoisotopic (exact) mass is 420 g/mol. The number of hydrogen-bond acceptors (Lipinski definition) is 4. The van der Waals surface area contributed by atoms with Crippen molar-refractivity contribution in [3.05, 3.63) is 91.0 Å². The lowest BCUT2D eigenvalue weighted by Crippen LogP contribution is -2.39. The molecule has 0 N–H and O–H groups in total. The molecular weight excluding hydrogens is 395 g/mol. The van der Waals surface area contributed by atoms with Crippen LogP contribution in [0.4, 0.5) is 0 Å². The molecule has 3 aromatic carbocycles. The van der Waals surface area contributed by atoms with Gasteiger partial charge in [0.2, 0.25) is 0 Å². The molecule has 0 amide bonds. The van der Waals surface area contributed by atoms with Crippen LogP contribution in [0.5, 0.6) is 0 Å². The first kappa shape index (κ1) is 21.6. The van der Waals surface area contributed by atoms with E-state index in [0.29, 0.717) is 0 Å². The van der Waals surface area contributed by atoms with Crippen molar-refractivity contribution in [3.63, 3.8) is 0 Å². The summed E-state index contributed by atoms with van der Waals surface area (Å²) >= 11 is 0. The van der Waals surface area contributed by atoms with Crippen LogP contribution in [0.2, 0.25) is 0 Å². The molecule has 3 aromatic rings. The van der Waals surface area contributed by atoms with Gasteiger partial charge in [-0.2, -0.15) is 0 Å². The standard InChI is InChI=1S/C25H25O4P/c1-3-28-24(26)23(25(27)29-4-2)30(20-14-8-5-9-15-20,21-16-10-6-11-17-21)22-18-12-7-13-19-22/h5-19H,3-4H2,1-2H3. The van der Waals surface area contributed by atoms with Crippen molar-refractivity contribution in [1.29, 1.82) is 0 Å². The third kappa shape index (κ3) is 4.10. The Bertz CT molecular complexity index is 921. The molecule has 0 heterocycles. The highest BCUT2D eigenvalue weighted by Gasteiger charge is 2.38. The Morgan fingerprint density at radius 2 is 0.900 bits per heavy atom. The van der Waals surface area contributed by atoms with Crippen molar-refractivity contribution in [3.8, 4) is 0 Å². The third-order valence-corrected chi connectivity index (χ3v) is 8.96. The molecule has 0 aliphatic rings. The van der Waals surface area contributed by atoms with Gasteiger partial charge in [-0.3, -0.25) is 0 Å². The van der Waals surface area contributed by atoms with Crippen molar-refractivity contribution in [1.82, 2.24) is 0 Å². The Hall–Kier alpha value is -3.10. The van der Waals surface area contributed by atoms with Gasteiger partial charge < -0.3 is 9.47 Å². The van der Waals surface area contributed by atoms with E-state index < -0.39 is 18.8 Å². The highest BCUT2D eigenvalue weighted by molar-refractivity contribution is 7.97. The van der Waals surface area contributed by atoms with E-state index in [4.69, 9.17) is 9.47 Å². The number of carbonyl (C=O) groups is 2. The second-order valence-corrected chi connectivity index (χ2v) is 9.81. The van der Waals surface area contributed by atoms with E-state index in [2.05, 4.69) is 0 Å². The maximum absolute atomic E-state index is 13.3. The molecule has 0 unspecified atom stereocenters. The lowest BCUT2D eigenvalue weighted by atomic mass is 10.3. The van der Waals surface area contributed by atoms with Gasteiger partial charge in [-0.15, -0.1) is 0 Å². The van der Waals surface area contributed by atoms with Crippen LogP contribution in [0.15, 0.2) is 91.0 Å². The molecule has 0 aliphatic carbocycles. The molecular formula is C25H25O4P. The van der Waals surface area contributed by atoms with E-state index in [1.165, 1.54) is 0 Å². The fourth-order valence-corrected chi connectivity index (χ4v) is 7.75. The zero-order valence-corrected chi connectivity index (χ0v) is 18.0. The summed E-state index contributed by atoms with van der Waals surface area (Å²) in [5.74, 6) is -1.28. The van der Waals surface area contributed by atoms with E-state index in [9.17, 15) is 9.59 Å². The minimum atomic E-state index is -2.87. The van der Waals surface area contributed by atoms with Gasteiger partial charge in [-0.25, -0.2) is 9.59 Å². The van der Waals surface area contributed by atoms with E-state index in [1.54, 1.807) is 13.8 Å². The van der Waals surface area contributed by atoms with Gasteiger partial charge in [-0.1, -0.05) is 91.0 Å². The van der Waals surface area contributed by atoms with Crippen LogP contribution in [-0.2, 0) is 19.1 Å². The van der Waals surface area contributed by atoms with E-state index in [0.717, 1.165) is 15.9 Å². The largest absolute Gasteiger partial charge is 0.462 e. The van der Waals surface area contributed by atoms with Crippen molar-refractivity contribution in [2.45, 2.75) is 13.8 Å². The highest BCUT2D eigenvalue weighted by Crippen LogP contribution is 2.46. The molecule has 0 aromatic heterocycles. The number of benzene rings is 3. The Labute approximate surface area is 177 Å². The zero-order valence-electron chi connectivity index (χ0n) is 17.2. The van der Waals surface area contributed by atoms with Crippen LogP contribution in [0.3, 0.4) is 0 Å². The molecule has 154 valence electrons. The summed E-state index contributed by atoms with van der Waals surface area (Å²) in [5.41, 5.74) is 0. The molecule has 3 rings (SSSR count). The summed E-state index contributed by atoms with van der Waals surface area (Å²) in [6, 6.07) is 29.1. The van der Waals surface area contributed by atoms with Crippen molar-refractivity contribution in [2.75, 3.05) is 13.2 Å². The SMILES string of the molecule is CCOC(=O)C(C(=O)OCC)=P(c1ccccc1)(c1ccccc1)c1ccccc1. The smallest absolute Gasteiger partial charge is 0.346 e. The first-order valence-electron chi connectivity index (χ1n) is 9.93. The molecule has 4 nitrogen and oxygen atoms in total. The van der Waals surface area contributed by atoms with Gasteiger partial charge in [0.15, 0.2) is 5.29 Å². The normalized spacial score (nSPS) is 10.9. The Morgan fingerprint density at radius 3 is 1.17 bits per heavy atom. The van der Waals surface area contributed by atoms with Gasteiger partial charge in [-0.05, 0) is 36.6 Å². The second-order valence-electron chi connectivity index (χ2n) is 6.47. The third-order valence-electron chi connectivity index (χ3n) is 4.70. The summed E-state index contributed by atoms with van der Waals surface area (Å²) in [5, 5.41) is 2.71. The first-order chi connectivity index (χ1) is 14.7. The van der Waals surface area contributed by atoms with Gasteiger partial charge in [0.25, 0.3) is 0 Å². The minimum absolute atomic E-state index is 0.0507. The minimum Gasteiger partial charge on any atom is -0.462 e. The van der Waals surface area contributed by atoms with Gasteiger partial charge in [0.1, 0.15) is 0 Å². The predicted octanol–water partition coefficient (Wildman–Crippen LogP) is 3.28. The lowest BCUT2D eigenvalue weighted by molar-refractivity contribution is -0.140. The fraction of sp³-hybridized carbons (Fsp3) is 0.160. The molecule has 0 bridgehead atoms. The van der Waals surface area contributed by atoms with E-state index in [-0.39, 0.29) is 18.5 Å². The second kappa shape index (κ2) is 10.1. The molecule has 0 spiro atoms. The molecule has 0 atom stereocenters. The van der Waals surface area contributed by atoms with Crippen LogP contribution >= 0.6 is 6.89 Å². The topological polar surface area (TPSA) is 52.6 Å². The molecule has 30 heavy (non-hydrogen) atoms. The fourth-order valence-electron chi connectivity index (χ4n) is 3.55. The van der Waals surface area contributed by atoms with Crippen molar-refractivity contribution >= 4 is 40.0 Å². The Morgan fingerprint density at radius 1 is 0.600 bits per heavy atom. The van der Waals surface area contributed by atoms with Gasteiger partial charge in [0.05, 0.1) is 13.2 Å². The van der Waals surface area contributed by atoms with Crippen molar-refractivity contribution in [2.24, 2.45) is 0 Å². The van der Waals surface area contributed by atoms with Crippen LogP contribution in [-0.4, -0.2) is 30.4 Å². The van der Waals surface area contributed by atoms with Gasteiger partial charge >= 0.3 is 11.9 Å². The van der Waals surface area contributed by atoms with Crippen LogP contribution in [0, 0.1) is 0 Å². The van der Waals surface area contributed by atoms with Crippen LogP contribution < -0.4 is 15.9 Å². The van der Waals surface area contributed by atoms with Crippen LogP contribution in [0.25, 0.3) is 0 Å². The lowest BCUT2D eigenvalue weighted by Gasteiger charge is -2.31.